The second-order valence-electron chi connectivity index (χ2n) is 8.11. The van der Waals surface area contributed by atoms with Crippen LogP contribution < -0.4 is 14.8 Å². The maximum absolute atomic E-state index is 13.0. The predicted octanol–water partition coefficient (Wildman–Crippen LogP) is -0.0682. The van der Waals surface area contributed by atoms with E-state index in [0.717, 1.165) is 0 Å². The fourth-order valence-corrected chi connectivity index (χ4v) is 5.75. The molecule has 2 atom stereocenters. The highest BCUT2D eigenvalue weighted by Gasteiger charge is 2.37. The Labute approximate surface area is 194 Å². The van der Waals surface area contributed by atoms with Crippen molar-refractivity contribution < 1.29 is 32.2 Å². The van der Waals surface area contributed by atoms with Crippen molar-refractivity contribution in [3.8, 4) is 11.5 Å². The molecule has 2 saturated heterocycles. The number of amides is 2. The fraction of sp³-hybridized carbons (Fsp3) is 0.619. The second-order valence-corrected chi connectivity index (χ2v) is 10.0. The van der Waals surface area contributed by atoms with Gasteiger partial charge in [0.1, 0.15) is 0 Å². The third-order valence-corrected chi connectivity index (χ3v) is 7.64. The van der Waals surface area contributed by atoms with Crippen LogP contribution in [0.2, 0.25) is 0 Å². The number of carbonyl (C=O) groups is 2. The van der Waals surface area contributed by atoms with E-state index < -0.39 is 16.1 Å². The zero-order valence-corrected chi connectivity index (χ0v) is 20.3. The minimum atomic E-state index is -3.62. The molecule has 0 saturated carbocycles. The summed E-state index contributed by atoms with van der Waals surface area (Å²) in [7, 11) is -0.639. The molecule has 1 aromatic rings. The van der Waals surface area contributed by atoms with Gasteiger partial charge in [0.05, 0.1) is 33.0 Å². The number of nitrogens with zero attached hydrogens (tertiary/aromatic N) is 3. The molecule has 2 aliphatic rings. The second kappa shape index (κ2) is 10.7. The van der Waals surface area contributed by atoms with Crippen LogP contribution in [0.3, 0.4) is 0 Å². The predicted molar refractivity (Wildman–Crippen MR) is 121 cm³/mol. The summed E-state index contributed by atoms with van der Waals surface area (Å²) in [6.07, 6.45) is -0.332. The van der Waals surface area contributed by atoms with Gasteiger partial charge in [-0.2, -0.15) is 17.0 Å². The van der Waals surface area contributed by atoms with Crippen LogP contribution in [0.15, 0.2) is 18.2 Å². The van der Waals surface area contributed by atoms with Gasteiger partial charge in [0.15, 0.2) is 11.5 Å². The van der Waals surface area contributed by atoms with Gasteiger partial charge in [0.2, 0.25) is 5.91 Å². The number of nitrogens with one attached hydrogen (secondary N) is 1. The smallest absolute Gasteiger partial charge is 0.282 e. The highest BCUT2D eigenvalue weighted by atomic mass is 32.2. The Bertz CT molecular complexity index is 953. The van der Waals surface area contributed by atoms with Crippen LogP contribution >= 0.6 is 0 Å². The third-order valence-electron chi connectivity index (χ3n) is 5.68. The van der Waals surface area contributed by atoms with Crippen LogP contribution in [0.5, 0.6) is 11.5 Å². The van der Waals surface area contributed by atoms with Gasteiger partial charge in [-0.15, -0.1) is 0 Å². The largest absolute Gasteiger partial charge is 0.493 e. The molecule has 2 heterocycles. The Balaban J connectivity index is 1.51. The number of hydrogen-bond donors (Lipinski definition) is 1. The van der Waals surface area contributed by atoms with Crippen molar-refractivity contribution in [3.05, 3.63) is 23.8 Å². The summed E-state index contributed by atoms with van der Waals surface area (Å²) in [4.78, 5) is 26.6. The number of benzene rings is 1. The van der Waals surface area contributed by atoms with Crippen LogP contribution in [0.4, 0.5) is 0 Å². The van der Waals surface area contributed by atoms with Crippen LogP contribution in [0, 0.1) is 0 Å². The van der Waals surface area contributed by atoms with Crippen LogP contribution in [-0.2, 0) is 19.7 Å². The van der Waals surface area contributed by atoms with Crippen molar-refractivity contribution in [1.29, 1.82) is 0 Å². The van der Waals surface area contributed by atoms with Crippen LogP contribution in [-0.4, -0.2) is 106 Å². The van der Waals surface area contributed by atoms with E-state index in [1.54, 1.807) is 17.0 Å². The van der Waals surface area contributed by atoms with Crippen molar-refractivity contribution >= 4 is 22.0 Å². The van der Waals surface area contributed by atoms with Gasteiger partial charge < -0.3 is 24.4 Å². The van der Waals surface area contributed by atoms with E-state index >= 15 is 0 Å². The Morgan fingerprint density at radius 3 is 2.18 bits per heavy atom. The summed E-state index contributed by atoms with van der Waals surface area (Å²) >= 11 is 0. The monoisotopic (exact) mass is 484 g/mol. The maximum atomic E-state index is 13.0. The first-order chi connectivity index (χ1) is 15.6. The summed E-state index contributed by atoms with van der Waals surface area (Å²) in [5.41, 5.74) is 0.338. The molecule has 2 aliphatic heterocycles. The molecule has 2 unspecified atom stereocenters. The third kappa shape index (κ3) is 5.94. The number of rotatable bonds is 7. The summed E-state index contributed by atoms with van der Waals surface area (Å²) in [5, 5.41) is 2.61. The molecule has 33 heavy (non-hydrogen) atoms. The number of ether oxygens (including phenoxy) is 3. The zero-order valence-electron chi connectivity index (χ0n) is 19.4. The first-order valence-corrected chi connectivity index (χ1v) is 12.2. The number of piperazine rings is 1. The lowest BCUT2D eigenvalue weighted by molar-refractivity contribution is -0.131. The quantitative estimate of drug-likeness (QED) is 0.576. The molecule has 3 rings (SSSR count). The van der Waals surface area contributed by atoms with Crippen molar-refractivity contribution in [3.63, 3.8) is 0 Å². The molecular weight excluding hydrogens is 452 g/mol. The molecule has 184 valence electrons. The van der Waals surface area contributed by atoms with Gasteiger partial charge in [-0.3, -0.25) is 9.59 Å². The standard InChI is InChI=1S/C21H32N4O7S/c1-15-13-25(14-16(2)32-15)33(28,29)24-9-7-23(8-10-24)20(26)12-22-21(27)17-5-6-18(30-3)19(11-17)31-4/h5-6,11,15-16H,7-10,12-14H2,1-4H3,(H,22,27). The fourth-order valence-electron chi connectivity index (χ4n) is 4.00. The topological polar surface area (TPSA) is 118 Å². The van der Waals surface area contributed by atoms with E-state index in [1.165, 1.54) is 28.9 Å². The molecule has 0 radical (unpaired) electrons. The van der Waals surface area contributed by atoms with Gasteiger partial charge >= 0.3 is 0 Å². The Hall–Kier alpha value is -2.41. The lowest BCUT2D eigenvalue weighted by atomic mass is 10.2. The molecule has 11 nitrogen and oxygen atoms in total. The summed E-state index contributed by atoms with van der Waals surface area (Å²) in [6.45, 7) is 5.09. The van der Waals surface area contributed by atoms with E-state index in [4.69, 9.17) is 14.2 Å². The highest BCUT2D eigenvalue weighted by molar-refractivity contribution is 7.86. The van der Waals surface area contributed by atoms with E-state index in [-0.39, 0.29) is 50.8 Å². The van der Waals surface area contributed by atoms with E-state index in [1.807, 2.05) is 13.8 Å². The van der Waals surface area contributed by atoms with Gasteiger partial charge in [0.25, 0.3) is 16.1 Å². The molecule has 0 bridgehead atoms. The SMILES string of the molecule is COc1ccc(C(=O)NCC(=O)N2CCN(S(=O)(=O)N3CC(C)OC(C)C3)CC2)cc1OC. The number of carbonyl (C=O) groups excluding carboxylic acids is 2. The van der Waals surface area contributed by atoms with Crippen molar-refractivity contribution in [2.24, 2.45) is 0 Å². The van der Waals surface area contributed by atoms with Crippen LogP contribution in [0.1, 0.15) is 24.2 Å². The first-order valence-electron chi connectivity index (χ1n) is 10.8. The zero-order chi connectivity index (χ0) is 24.2. The lowest BCUT2D eigenvalue weighted by Crippen LogP contribution is -2.58. The molecule has 0 aromatic heterocycles. The molecule has 2 fully saturated rings. The van der Waals surface area contributed by atoms with Gasteiger partial charge in [-0.05, 0) is 32.0 Å². The maximum Gasteiger partial charge on any atom is 0.282 e. The first kappa shape index (κ1) is 25.2. The Morgan fingerprint density at radius 1 is 1.00 bits per heavy atom. The number of methoxy groups -OCH3 is 2. The molecule has 1 aromatic carbocycles. The Morgan fingerprint density at radius 2 is 1.61 bits per heavy atom. The molecule has 1 N–H and O–H groups in total. The molecule has 12 heteroatoms. The van der Waals surface area contributed by atoms with Crippen molar-refractivity contribution in [1.82, 2.24) is 18.8 Å². The average molecular weight is 485 g/mol. The summed E-state index contributed by atoms with van der Waals surface area (Å²) < 4.78 is 44.8. The van der Waals surface area contributed by atoms with E-state index in [0.29, 0.717) is 30.2 Å². The minimum Gasteiger partial charge on any atom is -0.493 e. The van der Waals surface area contributed by atoms with E-state index in [9.17, 15) is 18.0 Å². The average Bonchev–Trinajstić information content (AvgIpc) is 2.81. The van der Waals surface area contributed by atoms with Gasteiger partial charge in [-0.1, -0.05) is 0 Å². The summed E-state index contributed by atoms with van der Waals surface area (Å²) in [6, 6.07) is 4.74. The van der Waals surface area contributed by atoms with Crippen molar-refractivity contribution in [2.45, 2.75) is 26.1 Å². The molecular formula is C21H32N4O7S. The highest BCUT2D eigenvalue weighted by Crippen LogP contribution is 2.27. The normalized spacial score (nSPS) is 22.6. The lowest BCUT2D eigenvalue weighted by Gasteiger charge is -2.40. The number of morpholine rings is 1. The van der Waals surface area contributed by atoms with Crippen LogP contribution in [0.25, 0.3) is 0 Å². The molecule has 2 amide bonds. The van der Waals surface area contributed by atoms with Gasteiger partial charge in [-0.25, -0.2) is 0 Å². The Kier molecular flexibility index (Phi) is 8.16. The summed E-state index contributed by atoms with van der Waals surface area (Å²) in [5.74, 6) is 0.229. The van der Waals surface area contributed by atoms with Crippen molar-refractivity contribution in [2.75, 3.05) is 60.0 Å². The minimum absolute atomic E-state index is 0.166. The number of hydrogen-bond acceptors (Lipinski definition) is 7. The van der Waals surface area contributed by atoms with Gasteiger partial charge in [0, 0.05) is 44.8 Å². The molecule has 0 spiro atoms. The molecule has 0 aliphatic carbocycles. The van der Waals surface area contributed by atoms with E-state index in [2.05, 4.69) is 5.32 Å².